The van der Waals surface area contributed by atoms with Crippen LogP contribution in [0.4, 0.5) is 5.69 Å². The first kappa shape index (κ1) is 14.0. The van der Waals surface area contributed by atoms with Crippen molar-refractivity contribution in [2.45, 2.75) is 12.3 Å². The number of amides is 1. The second-order valence-electron chi connectivity index (χ2n) is 4.62. The van der Waals surface area contributed by atoms with E-state index in [-0.39, 0.29) is 12.3 Å². The van der Waals surface area contributed by atoms with Gasteiger partial charge < -0.3 is 5.32 Å². The highest BCUT2D eigenvalue weighted by atomic mass is 35.5. The zero-order chi connectivity index (χ0) is 14.7. The molecular formula is C16H13ClN2OS. The van der Waals surface area contributed by atoms with Gasteiger partial charge in [-0.2, -0.15) is 0 Å². The largest absolute Gasteiger partial charge is 0.325 e. The summed E-state index contributed by atoms with van der Waals surface area (Å²) in [5, 5.41) is 7.76. The third-order valence-corrected chi connectivity index (χ3v) is 4.28. The average Bonchev–Trinajstić information content (AvgIpc) is 2.95. The number of hydrogen-bond acceptors (Lipinski definition) is 3. The smallest absolute Gasteiger partial charge is 0.231 e. The minimum absolute atomic E-state index is 0.0678. The number of carbonyl (C=O) groups excluding carboxylic acids is 1. The van der Waals surface area contributed by atoms with Crippen molar-refractivity contribution in [3.63, 3.8) is 0 Å². The van der Waals surface area contributed by atoms with Crippen LogP contribution in [0.1, 0.15) is 10.7 Å². The fourth-order valence-electron chi connectivity index (χ4n) is 2.16. The molecule has 0 unspecified atom stereocenters. The van der Waals surface area contributed by atoms with Crippen molar-refractivity contribution >= 4 is 45.3 Å². The van der Waals surface area contributed by atoms with Crippen LogP contribution in [0.3, 0.4) is 0 Å². The Hall–Kier alpha value is -1.91. The topological polar surface area (TPSA) is 42.0 Å². The minimum Gasteiger partial charge on any atom is -0.325 e. The number of halogens is 1. The molecule has 3 nitrogen and oxygen atoms in total. The standard InChI is InChI=1S/C16H13ClN2OS/c17-9-12-10-21-16(18-12)8-15(20)19-14-7-3-5-11-4-1-2-6-13(11)14/h1-7,10H,8-9H2,(H,19,20). The first-order valence-electron chi connectivity index (χ1n) is 6.53. The number of benzene rings is 2. The first-order valence-corrected chi connectivity index (χ1v) is 7.94. The van der Waals surface area contributed by atoms with E-state index in [1.165, 1.54) is 11.3 Å². The molecule has 0 radical (unpaired) electrons. The third-order valence-electron chi connectivity index (χ3n) is 3.11. The lowest BCUT2D eigenvalue weighted by atomic mass is 10.1. The van der Waals surface area contributed by atoms with E-state index >= 15 is 0 Å². The number of hydrogen-bond donors (Lipinski definition) is 1. The molecule has 0 spiro atoms. The van der Waals surface area contributed by atoms with Gasteiger partial charge in [0.05, 0.1) is 18.0 Å². The highest BCUT2D eigenvalue weighted by Crippen LogP contribution is 2.23. The normalized spacial score (nSPS) is 10.7. The Labute approximate surface area is 131 Å². The van der Waals surface area contributed by atoms with Crippen LogP contribution in [0.15, 0.2) is 47.8 Å². The van der Waals surface area contributed by atoms with E-state index in [0.29, 0.717) is 5.88 Å². The second kappa shape index (κ2) is 6.24. The lowest BCUT2D eigenvalue weighted by Crippen LogP contribution is -2.14. The highest BCUT2D eigenvalue weighted by molar-refractivity contribution is 7.09. The maximum absolute atomic E-state index is 12.1. The molecule has 0 saturated heterocycles. The molecule has 0 aliphatic rings. The zero-order valence-electron chi connectivity index (χ0n) is 11.2. The third kappa shape index (κ3) is 3.23. The van der Waals surface area contributed by atoms with Crippen LogP contribution in [-0.4, -0.2) is 10.9 Å². The van der Waals surface area contributed by atoms with E-state index in [1.54, 1.807) is 0 Å². The van der Waals surface area contributed by atoms with Gasteiger partial charge in [-0.3, -0.25) is 4.79 Å². The second-order valence-corrected chi connectivity index (χ2v) is 5.83. The molecule has 3 aromatic rings. The maximum atomic E-state index is 12.1. The summed E-state index contributed by atoms with van der Waals surface area (Å²) in [5.74, 6) is 0.309. The zero-order valence-corrected chi connectivity index (χ0v) is 12.7. The molecule has 0 fully saturated rings. The summed E-state index contributed by atoms with van der Waals surface area (Å²) in [4.78, 5) is 16.4. The molecule has 1 heterocycles. The molecule has 0 aliphatic carbocycles. The fourth-order valence-corrected chi connectivity index (χ4v) is 3.18. The fraction of sp³-hybridized carbons (Fsp3) is 0.125. The number of fused-ring (bicyclic) bond motifs is 1. The van der Waals surface area contributed by atoms with Gasteiger partial charge in [-0.05, 0) is 11.5 Å². The molecule has 3 rings (SSSR count). The number of nitrogens with zero attached hydrogens (tertiary/aromatic N) is 1. The molecule has 106 valence electrons. The number of alkyl halides is 1. The van der Waals surface area contributed by atoms with E-state index in [9.17, 15) is 4.79 Å². The Morgan fingerprint density at radius 2 is 2.00 bits per heavy atom. The van der Waals surface area contributed by atoms with Crippen LogP contribution in [0.2, 0.25) is 0 Å². The molecule has 0 aliphatic heterocycles. The van der Waals surface area contributed by atoms with Crippen LogP contribution in [0.5, 0.6) is 0 Å². The quantitative estimate of drug-likeness (QED) is 0.732. The maximum Gasteiger partial charge on any atom is 0.231 e. The van der Waals surface area contributed by atoms with Crippen molar-refractivity contribution in [1.82, 2.24) is 4.98 Å². The van der Waals surface area contributed by atoms with Crippen molar-refractivity contribution < 1.29 is 4.79 Å². The van der Waals surface area contributed by atoms with Crippen molar-refractivity contribution in [3.05, 3.63) is 58.5 Å². The molecule has 1 aromatic heterocycles. The molecule has 0 atom stereocenters. The summed E-state index contributed by atoms with van der Waals surface area (Å²) in [6, 6.07) is 13.8. The van der Waals surface area contributed by atoms with E-state index < -0.39 is 0 Å². The molecule has 1 amide bonds. The Bertz CT molecular complexity index is 779. The molecule has 1 N–H and O–H groups in total. The minimum atomic E-state index is -0.0678. The SMILES string of the molecule is O=C(Cc1nc(CCl)cs1)Nc1cccc2ccccc12. The Morgan fingerprint density at radius 1 is 1.19 bits per heavy atom. The Balaban J connectivity index is 1.77. The van der Waals surface area contributed by atoms with Gasteiger partial charge in [0.1, 0.15) is 5.01 Å². The Morgan fingerprint density at radius 3 is 2.81 bits per heavy atom. The van der Waals surface area contributed by atoms with Gasteiger partial charge in [0.15, 0.2) is 0 Å². The van der Waals surface area contributed by atoms with Gasteiger partial charge in [0.25, 0.3) is 0 Å². The first-order chi connectivity index (χ1) is 10.3. The summed E-state index contributed by atoms with van der Waals surface area (Å²) in [6.07, 6.45) is 0.269. The summed E-state index contributed by atoms with van der Waals surface area (Å²) in [5.41, 5.74) is 1.64. The summed E-state index contributed by atoms with van der Waals surface area (Å²) in [7, 11) is 0. The Kier molecular flexibility index (Phi) is 4.18. The van der Waals surface area contributed by atoms with Crippen LogP contribution in [0.25, 0.3) is 10.8 Å². The summed E-state index contributed by atoms with van der Waals surface area (Å²) in [6.45, 7) is 0. The highest BCUT2D eigenvalue weighted by Gasteiger charge is 2.09. The predicted octanol–water partition coefficient (Wildman–Crippen LogP) is 4.22. The van der Waals surface area contributed by atoms with Crippen molar-refractivity contribution in [2.24, 2.45) is 0 Å². The van der Waals surface area contributed by atoms with Crippen LogP contribution >= 0.6 is 22.9 Å². The van der Waals surface area contributed by atoms with Crippen LogP contribution in [-0.2, 0) is 17.1 Å². The van der Waals surface area contributed by atoms with Crippen molar-refractivity contribution in [1.29, 1.82) is 0 Å². The van der Waals surface area contributed by atoms with E-state index in [0.717, 1.165) is 27.2 Å². The molecule has 0 bridgehead atoms. The van der Waals surface area contributed by atoms with Gasteiger partial charge >= 0.3 is 0 Å². The monoisotopic (exact) mass is 316 g/mol. The van der Waals surface area contributed by atoms with E-state index in [2.05, 4.69) is 10.3 Å². The van der Waals surface area contributed by atoms with Gasteiger partial charge in [0.2, 0.25) is 5.91 Å². The lowest BCUT2D eigenvalue weighted by molar-refractivity contribution is -0.115. The lowest BCUT2D eigenvalue weighted by Gasteiger charge is -2.07. The molecule has 0 saturated carbocycles. The van der Waals surface area contributed by atoms with Crippen LogP contribution in [0, 0.1) is 0 Å². The summed E-state index contributed by atoms with van der Waals surface area (Å²) < 4.78 is 0. The number of carbonyl (C=O) groups is 1. The number of aromatic nitrogens is 1. The molecular weight excluding hydrogens is 304 g/mol. The number of anilines is 1. The van der Waals surface area contributed by atoms with Crippen molar-refractivity contribution in [2.75, 3.05) is 5.32 Å². The van der Waals surface area contributed by atoms with E-state index in [4.69, 9.17) is 11.6 Å². The van der Waals surface area contributed by atoms with E-state index in [1.807, 2.05) is 47.8 Å². The van der Waals surface area contributed by atoms with Gasteiger partial charge in [0, 0.05) is 16.5 Å². The van der Waals surface area contributed by atoms with Crippen molar-refractivity contribution in [3.8, 4) is 0 Å². The number of nitrogens with one attached hydrogen (secondary N) is 1. The average molecular weight is 317 g/mol. The number of rotatable bonds is 4. The van der Waals surface area contributed by atoms with Crippen LogP contribution < -0.4 is 5.32 Å². The predicted molar refractivity (Wildman–Crippen MR) is 88.0 cm³/mol. The number of thiazole rings is 1. The summed E-state index contributed by atoms with van der Waals surface area (Å²) >= 11 is 7.18. The molecule has 2 aromatic carbocycles. The van der Waals surface area contributed by atoms with Gasteiger partial charge in [-0.25, -0.2) is 4.98 Å². The molecule has 5 heteroatoms. The molecule has 21 heavy (non-hydrogen) atoms. The van der Waals surface area contributed by atoms with Gasteiger partial charge in [-0.15, -0.1) is 22.9 Å². The van der Waals surface area contributed by atoms with Gasteiger partial charge in [-0.1, -0.05) is 36.4 Å².